The molecule has 2 aromatic rings. The average molecular weight is 234 g/mol. The number of methoxy groups -OCH3 is 1. The fourth-order valence-electron chi connectivity index (χ4n) is 1.30. The van der Waals surface area contributed by atoms with Crippen molar-refractivity contribution in [2.45, 2.75) is 0 Å². The quantitative estimate of drug-likeness (QED) is 0.849. The number of rotatable bonds is 3. The van der Waals surface area contributed by atoms with Gasteiger partial charge in [-0.05, 0) is 24.3 Å². The molecule has 0 aliphatic heterocycles. The summed E-state index contributed by atoms with van der Waals surface area (Å²) in [5, 5.41) is 10.4. The van der Waals surface area contributed by atoms with Crippen molar-refractivity contribution >= 4 is 17.3 Å². The smallest absolute Gasteiger partial charge is 0.167 e. The van der Waals surface area contributed by atoms with Crippen LogP contribution in [-0.2, 0) is 0 Å². The Balaban J connectivity index is 2.19. The van der Waals surface area contributed by atoms with Crippen LogP contribution in [0.4, 0.5) is 21.7 Å². The fraction of sp³-hybridized carbons (Fsp3) is 0.0909. The summed E-state index contributed by atoms with van der Waals surface area (Å²) in [6.45, 7) is 0. The number of anilines is 3. The molecule has 0 atom stereocenters. The zero-order chi connectivity index (χ0) is 12.3. The number of hydrogen-bond donors (Lipinski definition) is 2. The van der Waals surface area contributed by atoms with Crippen molar-refractivity contribution in [2.75, 3.05) is 18.2 Å². The van der Waals surface area contributed by atoms with Crippen LogP contribution in [0, 0.1) is 5.82 Å². The predicted octanol–water partition coefficient (Wildman–Crippen LogP) is 1.95. The molecule has 6 heteroatoms. The van der Waals surface area contributed by atoms with Crippen molar-refractivity contribution in [3.63, 3.8) is 0 Å². The van der Waals surface area contributed by atoms with E-state index in [1.54, 1.807) is 18.2 Å². The Bertz CT molecular complexity index is 515. The normalized spacial score (nSPS) is 10.0. The first-order valence-electron chi connectivity index (χ1n) is 4.89. The first-order valence-corrected chi connectivity index (χ1v) is 4.89. The summed E-state index contributed by atoms with van der Waals surface area (Å²) in [7, 11) is 1.41. The highest BCUT2D eigenvalue weighted by Crippen LogP contribution is 2.22. The number of nitrogens with zero attached hydrogens (tertiary/aromatic N) is 2. The molecular weight excluding hydrogens is 223 g/mol. The standard InChI is InChI=1S/C11H11FN4O/c1-17-9-3-2-7(6-8(9)12)14-11-5-4-10(13)15-16-11/h2-6H,1H3,(H2,13,15)(H,14,16). The summed E-state index contributed by atoms with van der Waals surface area (Å²) in [6, 6.07) is 7.79. The van der Waals surface area contributed by atoms with Gasteiger partial charge in [0.15, 0.2) is 17.4 Å². The van der Waals surface area contributed by atoms with Crippen LogP contribution in [0.1, 0.15) is 0 Å². The van der Waals surface area contributed by atoms with Crippen LogP contribution in [0.2, 0.25) is 0 Å². The van der Waals surface area contributed by atoms with Crippen LogP contribution in [0.15, 0.2) is 30.3 Å². The predicted molar refractivity (Wildman–Crippen MR) is 62.7 cm³/mol. The lowest BCUT2D eigenvalue weighted by Crippen LogP contribution is -1.98. The first-order chi connectivity index (χ1) is 8.19. The Kier molecular flexibility index (Phi) is 3.04. The van der Waals surface area contributed by atoms with E-state index in [-0.39, 0.29) is 5.75 Å². The van der Waals surface area contributed by atoms with Crippen LogP contribution in [0.25, 0.3) is 0 Å². The van der Waals surface area contributed by atoms with Gasteiger partial charge in [0.05, 0.1) is 7.11 Å². The monoisotopic (exact) mass is 234 g/mol. The maximum absolute atomic E-state index is 13.4. The minimum atomic E-state index is -0.444. The van der Waals surface area contributed by atoms with Gasteiger partial charge in [-0.25, -0.2) is 4.39 Å². The topological polar surface area (TPSA) is 73.1 Å². The Hall–Kier alpha value is -2.37. The van der Waals surface area contributed by atoms with Crippen LogP contribution in [0.5, 0.6) is 5.75 Å². The van der Waals surface area contributed by atoms with E-state index < -0.39 is 5.82 Å². The van der Waals surface area contributed by atoms with Gasteiger partial charge >= 0.3 is 0 Å². The molecule has 0 amide bonds. The summed E-state index contributed by atoms with van der Waals surface area (Å²) >= 11 is 0. The number of nitrogens with two attached hydrogens (primary N) is 1. The molecule has 0 radical (unpaired) electrons. The van der Waals surface area contributed by atoms with E-state index in [0.29, 0.717) is 17.3 Å². The molecule has 1 aromatic heterocycles. The highest BCUT2D eigenvalue weighted by Gasteiger charge is 2.04. The molecule has 17 heavy (non-hydrogen) atoms. The van der Waals surface area contributed by atoms with E-state index in [9.17, 15) is 4.39 Å². The molecule has 0 bridgehead atoms. The third-order valence-electron chi connectivity index (χ3n) is 2.11. The molecule has 88 valence electrons. The van der Waals surface area contributed by atoms with Gasteiger partial charge in [-0.15, -0.1) is 10.2 Å². The van der Waals surface area contributed by atoms with Gasteiger partial charge < -0.3 is 15.8 Å². The van der Waals surface area contributed by atoms with Gasteiger partial charge in [0, 0.05) is 11.8 Å². The lowest BCUT2D eigenvalue weighted by molar-refractivity contribution is 0.386. The minimum Gasteiger partial charge on any atom is -0.494 e. The number of aromatic nitrogens is 2. The highest BCUT2D eigenvalue weighted by molar-refractivity contribution is 5.57. The van der Waals surface area contributed by atoms with E-state index in [1.165, 1.54) is 19.2 Å². The summed E-state index contributed by atoms with van der Waals surface area (Å²) < 4.78 is 18.2. The summed E-state index contributed by atoms with van der Waals surface area (Å²) in [5.74, 6) is 0.570. The van der Waals surface area contributed by atoms with Crippen molar-refractivity contribution in [1.29, 1.82) is 0 Å². The number of nitrogen functional groups attached to an aromatic ring is 1. The molecule has 0 unspecified atom stereocenters. The Labute approximate surface area is 97.4 Å². The van der Waals surface area contributed by atoms with E-state index in [2.05, 4.69) is 15.5 Å². The molecule has 2 rings (SSSR count). The number of halogens is 1. The van der Waals surface area contributed by atoms with Gasteiger partial charge in [0.25, 0.3) is 0 Å². The van der Waals surface area contributed by atoms with Crippen LogP contribution in [-0.4, -0.2) is 17.3 Å². The SMILES string of the molecule is COc1ccc(Nc2ccc(N)nn2)cc1F. The maximum atomic E-state index is 13.4. The molecule has 0 aliphatic rings. The van der Waals surface area contributed by atoms with Gasteiger partial charge in [0.2, 0.25) is 0 Å². The van der Waals surface area contributed by atoms with Crippen molar-refractivity contribution in [1.82, 2.24) is 10.2 Å². The molecule has 0 saturated heterocycles. The molecule has 5 nitrogen and oxygen atoms in total. The number of nitrogens with one attached hydrogen (secondary N) is 1. The number of ether oxygens (including phenoxy) is 1. The van der Waals surface area contributed by atoms with Crippen molar-refractivity contribution < 1.29 is 9.13 Å². The fourth-order valence-corrected chi connectivity index (χ4v) is 1.30. The summed E-state index contributed by atoms with van der Waals surface area (Å²) in [5.41, 5.74) is 5.96. The van der Waals surface area contributed by atoms with Gasteiger partial charge in [-0.1, -0.05) is 0 Å². The van der Waals surface area contributed by atoms with Crippen molar-refractivity contribution in [3.05, 3.63) is 36.1 Å². The second kappa shape index (κ2) is 4.65. The Morgan fingerprint density at radius 3 is 2.65 bits per heavy atom. The number of benzene rings is 1. The maximum Gasteiger partial charge on any atom is 0.167 e. The van der Waals surface area contributed by atoms with Crippen molar-refractivity contribution in [3.8, 4) is 5.75 Å². The van der Waals surface area contributed by atoms with E-state index in [0.717, 1.165) is 0 Å². The van der Waals surface area contributed by atoms with Gasteiger partial charge in [-0.2, -0.15) is 0 Å². The molecule has 0 fully saturated rings. The Morgan fingerprint density at radius 2 is 2.06 bits per heavy atom. The highest BCUT2D eigenvalue weighted by atomic mass is 19.1. The molecule has 3 N–H and O–H groups in total. The third kappa shape index (κ3) is 2.60. The molecule has 1 aromatic carbocycles. The Morgan fingerprint density at radius 1 is 1.24 bits per heavy atom. The van der Waals surface area contributed by atoms with Crippen LogP contribution < -0.4 is 15.8 Å². The second-order valence-corrected chi connectivity index (χ2v) is 3.32. The lowest BCUT2D eigenvalue weighted by Gasteiger charge is -2.07. The van der Waals surface area contributed by atoms with Gasteiger partial charge in [-0.3, -0.25) is 0 Å². The minimum absolute atomic E-state index is 0.193. The molecular formula is C11H11FN4O. The van der Waals surface area contributed by atoms with E-state index in [4.69, 9.17) is 10.5 Å². The molecule has 1 heterocycles. The zero-order valence-corrected chi connectivity index (χ0v) is 9.14. The molecule has 0 aliphatic carbocycles. The van der Waals surface area contributed by atoms with Gasteiger partial charge in [0.1, 0.15) is 5.82 Å². The van der Waals surface area contributed by atoms with Crippen LogP contribution in [0.3, 0.4) is 0 Å². The van der Waals surface area contributed by atoms with E-state index >= 15 is 0 Å². The second-order valence-electron chi connectivity index (χ2n) is 3.32. The zero-order valence-electron chi connectivity index (χ0n) is 9.14. The molecule has 0 saturated carbocycles. The lowest BCUT2D eigenvalue weighted by atomic mass is 10.3. The average Bonchev–Trinajstić information content (AvgIpc) is 2.32. The van der Waals surface area contributed by atoms with E-state index in [1.807, 2.05) is 0 Å². The van der Waals surface area contributed by atoms with Crippen molar-refractivity contribution in [2.24, 2.45) is 0 Å². The number of hydrogen-bond acceptors (Lipinski definition) is 5. The third-order valence-corrected chi connectivity index (χ3v) is 2.11. The summed E-state index contributed by atoms with van der Waals surface area (Å²) in [4.78, 5) is 0. The largest absolute Gasteiger partial charge is 0.494 e. The summed E-state index contributed by atoms with van der Waals surface area (Å²) in [6.07, 6.45) is 0. The molecule has 0 spiro atoms. The first kappa shape index (κ1) is 11.1. The van der Waals surface area contributed by atoms with Crippen LogP contribution >= 0.6 is 0 Å².